The van der Waals surface area contributed by atoms with Gasteiger partial charge in [0, 0.05) is 19.8 Å². The zero-order valence-electron chi connectivity index (χ0n) is 19.9. The molecule has 2 aromatic rings. The molecule has 1 aromatic heterocycles. The average Bonchev–Trinajstić information content (AvgIpc) is 3.11. The number of hydrogen-bond acceptors (Lipinski definition) is 7. The van der Waals surface area contributed by atoms with Crippen molar-refractivity contribution in [3.63, 3.8) is 0 Å². The van der Waals surface area contributed by atoms with Crippen molar-refractivity contribution in [2.45, 2.75) is 76.8 Å². The van der Waals surface area contributed by atoms with Gasteiger partial charge >= 0.3 is 0 Å². The number of carbonyl (C=O) groups is 2. The van der Waals surface area contributed by atoms with Gasteiger partial charge in [0.25, 0.3) is 0 Å². The van der Waals surface area contributed by atoms with Crippen molar-refractivity contribution in [3.05, 3.63) is 41.5 Å². The van der Waals surface area contributed by atoms with Crippen LogP contribution in [0.25, 0.3) is 0 Å². The molecule has 1 aromatic carbocycles. The average molecular weight is 492 g/mol. The van der Waals surface area contributed by atoms with Gasteiger partial charge in [-0.25, -0.2) is 8.42 Å². The summed E-state index contributed by atoms with van der Waals surface area (Å²) >= 11 is 0. The molecule has 34 heavy (non-hydrogen) atoms. The Morgan fingerprint density at radius 2 is 1.82 bits per heavy atom. The number of sulfonamides is 1. The van der Waals surface area contributed by atoms with Gasteiger partial charge in [-0.1, -0.05) is 49.0 Å². The van der Waals surface area contributed by atoms with Gasteiger partial charge in [0.1, 0.15) is 5.54 Å². The number of aromatic nitrogens is 2. The van der Waals surface area contributed by atoms with E-state index < -0.39 is 21.6 Å². The van der Waals surface area contributed by atoms with Gasteiger partial charge < -0.3 is 15.2 Å². The van der Waals surface area contributed by atoms with Crippen molar-refractivity contribution < 1.29 is 22.5 Å². The van der Waals surface area contributed by atoms with E-state index in [9.17, 15) is 18.0 Å². The van der Waals surface area contributed by atoms with Crippen LogP contribution in [0.2, 0.25) is 0 Å². The molecule has 186 valence electrons. The molecule has 0 radical (unpaired) electrons. The number of rotatable bonds is 9. The first-order chi connectivity index (χ1) is 16.1. The Balaban J connectivity index is 1.62. The van der Waals surface area contributed by atoms with Crippen LogP contribution in [0.15, 0.2) is 28.8 Å². The van der Waals surface area contributed by atoms with Crippen LogP contribution in [0, 0.1) is 0 Å². The van der Waals surface area contributed by atoms with E-state index >= 15 is 0 Å². The summed E-state index contributed by atoms with van der Waals surface area (Å²) in [5.41, 5.74) is 0.454. The lowest BCUT2D eigenvalue weighted by Crippen LogP contribution is -2.45. The highest BCUT2D eigenvalue weighted by atomic mass is 32.2. The molecule has 1 aliphatic rings. The number of para-hydroxylation sites is 1. The SMILES string of the molecule is CC(=O)NC1(c2noc(CCC(=O)NC(C)c3ccccc3NS(C)(=O)=O)n2)CCCCCC1. The summed E-state index contributed by atoms with van der Waals surface area (Å²) < 4.78 is 31.1. The summed E-state index contributed by atoms with van der Waals surface area (Å²) in [6.45, 7) is 3.28. The molecule has 0 saturated heterocycles. The summed E-state index contributed by atoms with van der Waals surface area (Å²) in [6, 6.07) is 6.50. The van der Waals surface area contributed by atoms with Crippen molar-refractivity contribution in [3.8, 4) is 0 Å². The predicted octanol–water partition coefficient (Wildman–Crippen LogP) is 2.94. The molecular formula is C23H33N5O5S. The van der Waals surface area contributed by atoms with Gasteiger partial charge in [-0.2, -0.15) is 4.98 Å². The fourth-order valence-corrected chi connectivity index (χ4v) is 4.99. The second kappa shape index (κ2) is 11.0. The van der Waals surface area contributed by atoms with E-state index in [1.807, 2.05) is 0 Å². The van der Waals surface area contributed by atoms with Crippen LogP contribution in [0.1, 0.15) is 82.1 Å². The van der Waals surface area contributed by atoms with E-state index in [2.05, 4.69) is 25.5 Å². The highest BCUT2D eigenvalue weighted by Crippen LogP contribution is 2.34. The highest BCUT2D eigenvalue weighted by Gasteiger charge is 2.38. The fraction of sp³-hybridized carbons (Fsp3) is 0.565. The highest BCUT2D eigenvalue weighted by molar-refractivity contribution is 7.92. The Morgan fingerprint density at radius 3 is 2.47 bits per heavy atom. The third kappa shape index (κ3) is 7.02. The molecule has 1 heterocycles. The van der Waals surface area contributed by atoms with E-state index in [0.717, 1.165) is 44.8 Å². The number of anilines is 1. The lowest BCUT2D eigenvalue weighted by molar-refractivity contribution is -0.122. The van der Waals surface area contributed by atoms with Crippen LogP contribution in [0.3, 0.4) is 0 Å². The van der Waals surface area contributed by atoms with Crippen molar-refractivity contribution in [1.82, 2.24) is 20.8 Å². The van der Waals surface area contributed by atoms with E-state index in [1.165, 1.54) is 6.92 Å². The smallest absolute Gasteiger partial charge is 0.229 e. The molecule has 0 bridgehead atoms. The molecule has 0 aliphatic heterocycles. The quantitative estimate of drug-likeness (QED) is 0.458. The normalized spacial score (nSPS) is 16.8. The summed E-state index contributed by atoms with van der Waals surface area (Å²) in [6.07, 6.45) is 7.12. The molecule has 2 amide bonds. The Bertz CT molecular complexity index is 1110. The molecule has 11 heteroatoms. The number of carbonyl (C=O) groups excluding carboxylic acids is 2. The van der Waals surface area contributed by atoms with Gasteiger partial charge in [-0.05, 0) is 31.4 Å². The largest absolute Gasteiger partial charge is 0.349 e. The fourth-order valence-electron chi connectivity index (χ4n) is 4.40. The van der Waals surface area contributed by atoms with Crippen LogP contribution < -0.4 is 15.4 Å². The van der Waals surface area contributed by atoms with E-state index in [0.29, 0.717) is 23.0 Å². The molecule has 3 N–H and O–H groups in total. The van der Waals surface area contributed by atoms with Crippen LogP contribution in [0.4, 0.5) is 5.69 Å². The molecule has 1 saturated carbocycles. The second-order valence-corrected chi connectivity index (χ2v) is 10.7. The maximum Gasteiger partial charge on any atom is 0.229 e. The van der Waals surface area contributed by atoms with E-state index in [4.69, 9.17) is 4.52 Å². The van der Waals surface area contributed by atoms with Crippen molar-refractivity contribution in [1.29, 1.82) is 0 Å². The van der Waals surface area contributed by atoms with Gasteiger partial charge in [0.15, 0.2) is 5.82 Å². The first-order valence-corrected chi connectivity index (χ1v) is 13.4. The molecule has 1 fully saturated rings. The Kier molecular flexibility index (Phi) is 8.29. The standard InChI is InChI=1S/C23H33N5O5S/c1-16(18-10-6-7-11-19(18)28-34(3,31)32)24-20(30)12-13-21-25-22(27-33-21)23(26-17(2)29)14-8-4-5-9-15-23/h6-7,10-11,16,28H,4-5,8-9,12-15H2,1-3H3,(H,24,30)(H,26,29). The van der Waals surface area contributed by atoms with E-state index in [1.54, 1.807) is 31.2 Å². The number of amides is 2. The number of benzene rings is 1. The zero-order valence-corrected chi connectivity index (χ0v) is 20.7. The maximum absolute atomic E-state index is 12.6. The summed E-state index contributed by atoms with van der Waals surface area (Å²) in [7, 11) is -3.45. The molecular weight excluding hydrogens is 458 g/mol. The van der Waals surface area contributed by atoms with Gasteiger partial charge in [0.05, 0.1) is 18.0 Å². The summed E-state index contributed by atoms with van der Waals surface area (Å²) in [5, 5.41) is 10.1. The maximum atomic E-state index is 12.6. The topological polar surface area (TPSA) is 143 Å². The number of nitrogens with one attached hydrogen (secondary N) is 3. The van der Waals surface area contributed by atoms with Crippen molar-refractivity contribution in [2.75, 3.05) is 11.0 Å². The van der Waals surface area contributed by atoms with Crippen molar-refractivity contribution >= 4 is 27.5 Å². The van der Waals surface area contributed by atoms with E-state index in [-0.39, 0.29) is 24.7 Å². The van der Waals surface area contributed by atoms with Crippen LogP contribution in [-0.2, 0) is 31.6 Å². The Morgan fingerprint density at radius 1 is 1.15 bits per heavy atom. The molecule has 1 atom stereocenters. The minimum Gasteiger partial charge on any atom is -0.349 e. The molecule has 0 spiro atoms. The predicted molar refractivity (Wildman–Crippen MR) is 127 cm³/mol. The number of nitrogens with zero attached hydrogens (tertiary/aromatic N) is 2. The molecule has 10 nitrogen and oxygen atoms in total. The zero-order chi connectivity index (χ0) is 24.8. The first kappa shape index (κ1) is 25.7. The second-order valence-electron chi connectivity index (χ2n) is 8.94. The minimum absolute atomic E-state index is 0.126. The van der Waals surface area contributed by atoms with Crippen LogP contribution in [-0.4, -0.2) is 36.6 Å². The summed E-state index contributed by atoms with van der Waals surface area (Å²) in [4.78, 5) is 28.9. The Labute approximate surface area is 200 Å². The minimum atomic E-state index is -3.45. The molecule has 1 unspecified atom stereocenters. The van der Waals surface area contributed by atoms with Gasteiger partial charge in [-0.3, -0.25) is 14.3 Å². The lowest BCUT2D eigenvalue weighted by Gasteiger charge is -2.30. The first-order valence-electron chi connectivity index (χ1n) is 11.6. The third-order valence-corrected chi connectivity index (χ3v) is 6.53. The number of hydrogen-bond donors (Lipinski definition) is 3. The molecule has 3 rings (SSSR count). The van der Waals surface area contributed by atoms with Crippen LogP contribution in [0.5, 0.6) is 0 Å². The number of aryl methyl sites for hydroxylation is 1. The van der Waals surface area contributed by atoms with Gasteiger partial charge in [0.2, 0.25) is 27.7 Å². The third-order valence-electron chi connectivity index (χ3n) is 5.93. The van der Waals surface area contributed by atoms with Crippen molar-refractivity contribution in [2.24, 2.45) is 0 Å². The molecule has 1 aliphatic carbocycles. The summed E-state index contributed by atoms with van der Waals surface area (Å²) in [5.74, 6) is 0.444. The van der Waals surface area contributed by atoms with Gasteiger partial charge in [-0.15, -0.1) is 0 Å². The lowest BCUT2D eigenvalue weighted by atomic mass is 9.89. The van der Waals surface area contributed by atoms with Crippen LogP contribution >= 0.6 is 0 Å². The monoisotopic (exact) mass is 491 g/mol. The Hall–Kier alpha value is -2.95.